The summed E-state index contributed by atoms with van der Waals surface area (Å²) in [5, 5.41) is 3.13. The molecule has 9 heteroatoms. The number of nitrogen functional groups attached to an aromatic ring is 1. The van der Waals surface area contributed by atoms with Crippen LogP contribution in [-0.2, 0) is 4.74 Å². The topological polar surface area (TPSA) is 116 Å². The van der Waals surface area contributed by atoms with Crippen LogP contribution in [0.3, 0.4) is 0 Å². The summed E-state index contributed by atoms with van der Waals surface area (Å²) in [4.78, 5) is 16.6. The Morgan fingerprint density at radius 1 is 1.35 bits per heavy atom. The second-order valence-corrected chi connectivity index (χ2v) is 4.34. The van der Waals surface area contributed by atoms with Crippen LogP contribution < -0.4 is 16.6 Å². The first kappa shape index (κ1) is 14.2. The van der Waals surface area contributed by atoms with Crippen LogP contribution in [0.2, 0.25) is 0 Å². The quantitative estimate of drug-likeness (QED) is 0.480. The standard InChI is InChI=1S/C11H18N8O/c1-8(6-20-2)5-14-9-15-10(18-12)17-11(16-9)19-4-3-13-7-19/h3-4,7-8H,5-6,12H2,1-2H3,(H2,14,15,16,17,18). The third-order valence-electron chi connectivity index (χ3n) is 2.55. The Morgan fingerprint density at radius 3 is 2.80 bits per heavy atom. The van der Waals surface area contributed by atoms with E-state index in [4.69, 9.17) is 10.6 Å². The number of imidazole rings is 1. The maximum Gasteiger partial charge on any atom is 0.243 e. The number of nitrogens with two attached hydrogens (primary N) is 1. The maximum atomic E-state index is 5.37. The van der Waals surface area contributed by atoms with Gasteiger partial charge in [-0.25, -0.2) is 10.8 Å². The van der Waals surface area contributed by atoms with Gasteiger partial charge in [0.05, 0.1) is 6.61 Å². The first-order valence-electron chi connectivity index (χ1n) is 6.16. The number of hydrogen-bond donors (Lipinski definition) is 3. The van der Waals surface area contributed by atoms with E-state index in [2.05, 4.69) is 37.6 Å². The van der Waals surface area contributed by atoms with Gasteiger partial charge in [0.25, 0.3) is 0 Å². The van der Waals surface area contributed by atoms with Crippen LogP contribution in [0.4, 0.5) is 11.9 Å². The Labute approximate surface area is 116 Å². The minimum absolute atomic E-state index is 0.283. The van der Waals surface area contributed by atoms with Crippen LogP contribution in [0.5, 0.6) is 0 Å². The molecule has 0 amide bonds. The molecule has 0 bridgehead atoms. The van der Waals surface area contributed by atoms with Crippen molar-refractivity contribution in [2.24, 2.45) is 11.8 Å². The Kier molecular flexibility index (Phi) is 4.80. The van der Waals surface area contributed by atoms with Crippen molar-refractivity contribution in [3.05, 3.63) is 18.7 Å². The molecule has 0 fully saturated rings. The second kappa shape index (κ2) is 6.78. The average Bonchev–Trinajstić information content (AvgIpc) is 2.99. The van der Waals surface area contributed by atoms with Gasteiger partial charge in [-0.15, -0.1) is 0 Å². The highest BCUT2D eigenvalue weighted by molar-refractivity contribution is 5.37. The fourth-order valence-electron chi connectivity index (χ4n) is 1.61. The van der Waals surface area contributed by atoms with Crippen molar-refractivity contribution in [3.63, 3.8) is 0 Å². The summed E-state index contributed by atoms with van der Waals surface area (Å²) in [5.74, 6) is 6.87. The fraction of sp³-hybridized carbons (Fsp3) is 0.455. The van der Waals surface area contributed by atoms with E-state index < -0.39 is 0 Å². The van der Waals surface area contributed by atoms with Crippen molar-refractivity contribution < 1.29 is 4.74 Å². The lowest BCUT2D eigenvalue weighted by Gasteiger charge is -2.12. The van der Waals surface area contributed by atoms with E-state index in [1.807, 2.05) is 0 Å². The molecule has 1 unspecified atom stereocenters. The minimum atomic E-state index is 0.283. The van der Waals surface area contributed by atoms with Crippen LogP contribution in [-0.4, -0.2) is 44.8 Å². The van der Waals surface area contributed by atoms with Gasteiger partial charge >= 0.3 is 0 Å². The number of hydrazine groups is 1. The van der Waals surface area contributed by atoms with Gasteiger partial charge < -0.3 is 10.1 Å². The van der Waals surface area contributed by atoms with E-state index in [0.29, 0.717) is 31.0 Å². The molecular weight excluding hydrogens is 260 g/mol. The fourth-order valence-corrected chi connectivity index (χ4v) is 1.61. The van der Waals surface area contributed by atoms with Gasteiger partial charge in [0, 0.05) is 26.0 Å². The van der Waals surface area contributed by atoms with Crippen LogP contribution in [0, 0.1) is 5.92 Å². The maximum absolute atomic E-state index is 5.37. The van der Waals surface area contributed by atoms with Gasteiger partial charge in [-0.2, -0.15) is 15.0 Å². The lowest BCUT2D eigenvalue weighted by atomic mass is 10.2. The van der Waals surface area contributed by atoms with E-state index >= 15 is 0 Å². The highest BCUT2D eigenvalue weighted by Crippen LogP contribution is 2.09. The average molecular weight is 278 g/mol. The molecule has 0 aliphatic heterocycles. The van der Waals surface area contributed by atoms with Gasteiger partial charge in [0.1, 0.15) is 6.33 Å². The molecule has 20 heavy (non-hydrogen) atoms. The van der Waals surface area contributed by atoms with Gasteiger partial charge in [0.15, 0.2) is 0 Å². The summed E-state index contributed by atoms with van der Waals surface area (Å²) < 4.78 is 6.75. The van der Waals surface area contributed by atoms with E-state index in [0.717, 1.165) is 0 Å². The number of rotatable bonds is 7. The number of nitrogens with zero attached hydrogens (tertiary/aromatic N) is 5. The summed E-state index contributed by atoms with van der Waals surface area (Å²) in [6.07, 6.45) is 4.99. The summed E-state index contributed by atoms with van der Waals surface area (Å²) in [5.41, 5.74) is 2.42. The molecular formula is C11H18N8O. The van der Waals surface area contributed by atoms with Crippen LogP contribution in [0.1, 0.15) is 6.92 Å². The van der Waals surface area contributed by atoms with E-state index in [9.17, 15) is 0 Å². The monoisotopic (exact) mass is 278 g/mol. The third kappa shape index (κ3) is 3.62. The number of hydrogen-bond acceptors (Lipinski definition) is 8. The van der Waals surface area contributed by atoms with Crippen molar-refractivity contribution in [1.82, 2.24) is 24.5 Å². The largest absolute Gasteiger partial charge is 0.384 e. The molecule has 0 saturated heterocycles. The molecule has 2 heterocycles. The molecule has 0 aliphatic rings. The zero-order chi connectivity index (χ0) is 14.4. The lowest BCUT2D eigenvalue weighted by molar-refractivity contribution is 0.164. The van der Waals surface area contributed by atoms with E-state index in [1.54, 1.807) is 30.4 Å². The molecule has 0 spiro atoms. The van der Waals surface area contributed by atoms with E-state index in [-0.39, 0.29) is 5.95 Å². The van der Waals surface area contributed by atoms with Crippen molar-refractivity contribution in [2.45, 2.75) is 6.92 Å². The first-order valence-corrected chi connectivity index (χ1v) is 6.16. The van der Waals surface area contributed by atoms with Gasteiger partial charge in [-0.1, -0.05) is 6.92 Å². The minimum Gasteiger partial charge on any atom is -0.384 e. The smallest absolute Gasteiger partial charge is 0.243 e. The summed E-state index contributed by atoms with van der Waals surface area (Å²) in [6, 6.07) is 0. The van der Waals surface area contributed by atoms with E-state index in [1.165, 1.54) is 0 Å². The molecule has 2 aromatic heterocycles. The van der Waals surface area contributed by atoms with Gasteiger partial charge in [-0.3, -0.25) is 9.99 Å². The molecule has 0 radical (unpaired) electrons. The van der Waals surface area contributed by atoms with Crippen molar-refractivity contribution in [1.29, 1.82) is 0 Å². The van der Waals surface area contributed by atoms with Crippen LogP contribution in [0.15, 0.2) is 18.7 Å². The highest BCUT2D eigenvalue weighted by atomic mass is 16.5. The zero-order valence-electron chi connectivity index (χ0n) is 11.4. The number of anilines is 2. The van der Waals surface area contributed by atoms with Crippen LogP contribution >= 0.6 is 0 Å². The predicted molar refractivity (Wildman–Crippen MR) is 74.3 cm³/mol. The molecule has 0 aliphatic carbocycles. The Bertz CT molecular complexity index is 529. The summed E-state index contributed by atoms with van der Waals surface area (Å²) >= 11 is 0. The number of ether oxygens (including phenoxy) is 1. The number of aromatic nitrogens is 5. The number of methoxy groups -OCH3 is 1. The third-order valence-corrected chi connectivity index (χ3v) is 2.55. The highest BCUT2D eigenvalue weighted by Gasteiger charge is 2.08. The molecule has 108 valence electrons. The SMILES string of the molecule is COCC(C)CNc1nc(NN)nc(-n2ccnc2)n1. The first-order chi connectivity index (χ1) is 9.72. The summed E-state index contributed by atoms with van der Waals surface area (Å²) in [7, 11) is 1.67. The molecule has 0 saturated carbocycles. The van der Waals surface area contributed by atoms with Crippen molar-refractivity contribution >= 4 is 11.9 Å². The van der Waals surface area contributed by atoms with Gasteiger partial charge in [-0.05, 0) is 5.92 Å². The number of nitrogens with one attached hydrogen (secondary N) is 2. The molecule has 2 aromatic rings. The lowest BCUT2D eigenvalue weighted by Crippen LogP contribution is -2.19. The molecule has 9 nitrogen and oxygen atoms in total. The molecule has 1 atom stereocenters. The predicted octanol–water partition coefficient (Wildman–Crippen LogP) is 0.0373. The van der Waals surface area contributed by atoms with Crippen molar-refractivity contribution in [3.8, 4) is 5.95 Å². The van der Waals surface area contributed by atoms with Crippen LogP contribution in [0.25, 0.3) is 5.95 Å². The molecule has 4 N–H and O–H groups in total. The molecule has 0 aromatic carbocycles. The molecule has 2 rings (SSSR count). The zero-order valence-corrected chi connectivity index (χ0v) is 11.4. The van der Waals surface area contributed by atoms with Gasteiger partial charge in [0.2, 0.25) is 17.8 Å². The summed E-state index contributed by atoms with van der Waals surface area (Å²) in [6.45, 7) is 3.41. The second-order valence-electron chi connectivity index (χ2n) is 4.34. The Balaban J connectivity index is 2.14. The Morgan fingerprint density at radius 2 is 2.15 bits per heavy atom. The Hall–Kier alpha value is -2.26. The normalized spacial score (nSPS) is 12.2. The van der Waals surface area contributed by atoms with Crippen molar-refractivity contribution in [2.75, 3.05) is 31.0 Å².